The van der Waals surface area contributed by atoms with Gasteiger partial charge >= 0.3 is 5.69 Å². The fourth-order valence-electron chi connectivity index (χ4n) is 3.87. The summed E-state index contributed by atoms with van der Waals surface area (Å²) in [5, 5.41) is 15.4. The zero-order chi connectivity index (χ0) is 19.6. The highest BCUT2D eigenvalue weighted by molar-refractivity contribution is 5.94. The Morgan fingerprint density at radius 2 is 1.85 bits per heavy atom. The Hall–Kier alpha value is -2.70. The molecule has 27 heavy (non-hydrogen) atoms. The van der Waals surface area contributed by atoms with Crippen molar-refractivity contribution >= 4 is 11.6 Å². The number of amides is 1. The predicted octanol–water partition coefficient (Wildman–Crippen LogP) is 3.86. The minimum absolute atomic E-state index is 0.0511. The number of aromatic nitrogens is 2. The highest BCUT2D eigenvalue weighted by Crippen LogP contribution is 2.24. The molecule has 1 saturated carbocycles. The number of nitro groups is 1. The molecule has 0 unspecified atom stereocenters. The van der Waals surface area contributed by atoms with Crippen LogP contribution in [0, 0.1) is 24.0 Å². The summed E-state index contributed by atoms with van der Waals surface area (Å²) in [5.41, 5.74) is 2.64. The molecule has 7 nitrogen and oxygen atoms in total. The lowest BCUT2D eigenvalue weighted by Gasteiger charge is -2.31. The summed E-state index contributed by atoms with van der Waals surface area (Å²) >= 11 is 0. The number of hydrogen-bond donors (Lipinski definition) is 0. The van der Waals surface area contributed by atoms with Gasteiger partial charge in [-0.15, -0.1) is 0 Å². The highest BCUT2D eigenvalue weighted by atomic mass is 16.6. The molecule has 2 aromatic rings. The van der Waals surface area contributed by atoms with Gasteiger partial charge in [0.15, 0.2) is 0 Å². The van der Waals surface area contributed by atoms with Gasteiger partial charge in [-0.25, -0.2) is 0 Å². The van der Waals surface area contributed by atoms with Gasteiger partial charge in [-0.2, -0.15) is 5.10 Å². The van der Waals surface area contributed by atoms with E-state index in [9.17, 15) is 14.9 Å². The van der Waals surface area contributed by atoms with E-state index < -0.39 is 4.92 Å². The Labute approximate surface area is 159 Å². The van der Waals surface area contributed by atoms with Crippen LogP contribution in [-0.4, -0.2) is 38.6 Å². The molecule has 0 spiro atoms. The van der Waals surface area contributed by atoms with Crippen LogP contribution in [0.2, 0.25) is 0 Å². The zero-order valence-electron chi connectivity index (χ0n) is 16.1. The SMILES string of the molecule is Cc1nn(Cc2ccc(C(=O)N(C)C3CCCCC3)cc2)c(C)c1[N+](=O)[O-]. The first-order valence-electron chi connectivity index (χ1n) is 9.43. The van der Waals surface area contributed by atoms with E-state index in [1.807, 2.05) is 36.2 Å². The first-order chi connectivity index (χ1) is 12.9. The molecule has 1 amide bonds. The number of hydrogen-bond acceptors (Lipinski definition) is 4. The summed E-state index contributed by atoms with van der Waals surface area (Å²) in [6, 6.07) is 7.78. The summed E-state index contributed by atoms with van der Waals surface area (Å²) in [7, 11) is 1.89. The number of aryl methyl sites for hydroxylation is 1. The lowest BCUT2D eigenvalue weighted by atomic mass is 9.94. The van der Waals surface area contributed by atoms with Gasteiger partial charge < -0.3 is 4.90 Å². The minimum atomic E-state index is -0.392. The van der Waals surface area contributed by atoms with Crippen LogP contribution in [0.3, 0.4) is 0 Å². The molecule has 1 aliphatic carbocycles. The third-order valence-corrected chi connectivity index (χ3v) is 5.50. The van der Waals surface area contributed by atoms with Gasteiger partial charge in [-0.3, -0.25) is 19.6 Å². The highest BCUT2D eigenvalue weighted by Gasteiger charge is 2.24. The van der Waals surface area contributed by atoms with Crippen molar-refractivity contribution in [3.8, 4) is 0 Å². The number of carbonyl (C=O) groups excluding carboxylic acids is 1. The second-order valence-corrected chi connectivity index (χ2v) is 7.34. The number of nitrogens with zero attached hydrogens (tertiary/aromatic N) is 4. The van der Waals surface area contributed by atoms with Gasteiger partial charge in [-0.1, -0.05) is 31.4 Å². The van der Waals surface area contributed by atoms with Crippen LogP contribution < -0.4 is 0 Å². The van der Waals surface area contributed by atoms with Crippen molar-refractivity contribution in [2.75, 3.05) is 7.05 Å². The quantitative estimate of drug-likeness (QED) is 0.591. The van der Waals surface area contributed by atoms with Crippen LogP contribution in [0.1, 0.15) is 59.4 Å². The average Bonchev–Trinajstić information content (AvgIpc) is 2.95. The molecule has 1 aliphatic rings. The molecular formula is C20H26N4O3. The molecule has 7 heteroatoms. The van der Waals surface area contributed by atoms with Gasteiger partial charge in [0, 0.05) is 18.7 Å². The van der Waals surface area contributed by atoms with Crippen molar-refractivity contribution in [1.29, 1.82) is 0 Å². The minimum Gasteiger partial charge on any atom is -0.339 e. The summed E-state index contributed by atoms with van der Waals surface area (Å²) in [6.07, 6.45) is 5.80. The fraction of sp³-hybridized carbons (Fsp3) is 0.500. The van der Waals surface area contributed by atoms with Crippen molar-refractivity contribution in [1.82, 2.24) is 14.7 Å². The Morgan fingerprint density at radius 3 is 2.41 bits per heavy atom. The molecule has 0 radical (unpaired) electrons. The van der Waals surface area contributed by atoms with Crippen molar-refractivity contribution in [2.45, 2.75) is 58.5 Å². The van der Waals surface area contributed by atoms with Crippen LogP contribution >= 0.6 is 0 Å². The van der Waals surface area contributed by atoms with Crippen molar-refractivity contribution in [3.05, 3.63) is 56.9 Å². The van der Waals surface area contributed by atoms with Gasteiger partial charge in [-0.05, 0) is 44.4 Å². The number of benzene rings is 1. The molecule has 1 aromatic carbocycles. The Balaban J connectivity index is 1.71. The second-order valence-electron chi connectivity index (χ2n) is 7.34. The Morgan fingerprint density at radius 1 is 1.22 bits per heavy atom. The summed E-state index contributed by atoms with van der Waals surface area (Å²) in [5.74, 6) is 0.0511. The van der Waals surface area contributed by atoms with E-state index in [0.29, 0.717) is 29.5 Å². The van der Waals surface area contributed by atoms with E-state index in [0.717, 1.165) is 18.4 Å². The molecular weight excluding hydrogens is 344 g/mol. The van der Waals surface area contributed by atoms with Crippen molar-refractivity contribution in [3.63, 3.8) is 0 Å². The zero-order valence-corrected chi connectivity index (χ0v) is 16.1. The van der Waals surface area contributed by atoms with Gasteiger partial charge in [0.2, 0.25) is 0 Å². The number of rotatable bonds is 5. The largest absolute Gasteiger partial charge is 0.339 e. The lowest BCUT2D eigenvalue weighted by molar-refractivity contribution is -0.386. The molecule has 0 bridgehead atoms. The van der Waals surface area contributed by atoms with E-state index >= 15 is 0 Å². The van der Waals surface area contributed by atoms with Crippen LogP contribution in [0.25, 0.3) is 0 Å². The van der Waals surface area contributed by atoms with Crippen LogP contribution in [0.5, 0.6) is 0 Å². The monoisotopic (exact) mass is 370 g/mol. The summed E-state index contributed by atoms with van der Waals surface area (Å²) in [4.78, 5) is 25.3. The maximum absolute atomic E-state index is 12.7. The maximum atomic E-state index is 12.7. The molecule has 1 aromatic heterocycles. The van der Waals surface area contributed by atoms with Gasteiger partial charge in [0.25, 0.3) is 5.91 Å². The summed E-state index contributed by atoms with van der Waals surface area (Å²) in [6.45, 7) is 3.78. The smallest absolute Gasteiger partial charge is 0.312 e. The van der Waals surface area contributed by atoms with Crippen LogP contribution in [0.15, 0.2) is 24.3 Å². The van der Waals surface area contributed by atoms with E-state index in [1.54, 1.807) is 18.5 Å². The van der Waals surface area contributed by atoms with E-state index in [1.165, 1.54) is 19.3 Å². The second kappa shape index (κ2) is 7.90. The van der Waals surface area contributed by atoms with Crippen LogP contribution in [0.4, 0.5) is 5.69 Å². The molecule has 1 heterocycles. The Bertz CT molecular complexity index is 836. The molecule has 1 fully saturated rings. The molecule has 0 atom stereocenters. The lowest BCUT2D eigenvalue weighted by Crippen LogP contribution is -2.38. The fourth-order valence-corrected chi connectivity index (χ4v) is 3.87. The first kappa shape index (κ1) is 19.1. The number of carbonyl (C=O) groups is 1. The first-order valence-corrected chi connectivity index (χ1v) is 9.43. The Kier molecular flexibility index (Phi) is 5.58. The normalized spacial score (nSPS) is 14.9. The van der Waals surface area contributed by atoms with Crippen molar-refractivity contribution < 1.29 is 9.72 Å². The van der Waals surface area contributed by atoms with Crippen LogP contribution in [-0.2, 0) is 6.54 Å². The van der Waals surface area contributed by atoms with E-state index in [2.05, 4.69) is 5.10 Å². The van der Waals surface area contributed by atoms with Gasteiger partial charge in [0.1, 0.15) is 11.4 Å². The standard InChI is InChI=1S/C20H26N4O3/c1-14-19(24(26)27)15(2)23(21-14)13-16-9-11-17(12-10-16)20(25)22(3)18-7-5-4-6-8-18/h9-12,18H,4-8,13H2,1-3H3. The third-order valence-electron chi connectivity index (χ3n) is 5.50. The molecule has 0 saturated heterocycles. The average molecular weight is 370 g/mol. The predicted molar refractivity (Wildman–Crippen MR) is 103 cm³/mol. The molecule has 3 rings (SSSR count). The molecule has 0 N–H and O–H groups in total. The molecule has 144 valence electrons. The molecule has 0 aliphatic heterocycles. The maximum Gasteiger partial charge on any atom is 0.312 e. The van der Waals surface area contributed by atoms with Crippen molar-refractivity contribution in [2.24, 2.45) is 0 Å². The third kappa shape index (κ3) is 4.02. The topological polar surface area (TPSA) is 81.3 Å². The van der Waals surface area contributed by atoms with E-state index in [4.69, 9.17) is 0 Å². The van der Waals surface area contributed by atoms with Gasteiger partial charge in [0.05, 0.1) is 11.5 Å². The van der Waals surface area contributed by atoms with E-state index in [-0.39, 0.29) is 11.6 Å². The summed E-state index contributed by atoms with van der Waals surface area (Å²) < 4.78 is 1.64.